The van der Waals surface area contributed by atoms with E-state index in [0.717, 1.165) is 23.3 Å². The molecule has 2 aromatic rings. The van der Waals surface area contributed by atoms with Gasteiger partial charge in [0, 0.05) is 32.2 Å². The molecule has 0 aliphatic carbocycles. The molecule has 33 heavy (non-hydrogen) atoms. The Bertz CT molecular complexity index is 1050. The topological polar surface area (TPSA) is 106 Å². The molecule has 0 bridgehead atoms. The number of halogens is 3. The quantitative estimate of drug-likeness (QED) is 0.364. The first-order valence-corrected chi connectivity index (χ1v) is 10.00. The summed E-state index contributed by atoms with van der Waals surface area (Å²) in [7, 11) is 3.09. The molecule has 9 nitrogen and oxygen atoms in total. The number of ether oxygens (including phenoxy) is 2. The van der Waals surface area contributed by atoms with Crippen LogP contribution >= 0.6 is 0 Å². The minimum absolute atomic E-state index is 0.0600. The van der Waals surface area contributed by atoms with Gasteiger partial charge in [-0.2, -0.15) is 13.2 Å². The number of carbonyl (C=O) groups is 1. The zero-order valence-electron chi connectivity index (χ0n) is 18.0. The van der Waals surface area contributed by atoms with Crippen molar-refractivity contribution in [3.05, 3.63) is 57.1 Å². The lowest BCUT2D eigenvalue weighted by atomic mass is 9.99. The van der Waals surface area contributed by atoms with Gasteiger partial charge >= 0.3 is 12.2 Å². The van der Waals surface area contributed by atoms with Crippen LogP contribution in [0.4, 0.5) is 29.3 Å². The van der Waals surface area contributed by atoms with E-state index in [1.54, 1.807) is 12.0 Å². The molecule has 0 fully saturated rings. The van der Waals surface area contributed by atoms with Gasteiger partial charge < -0.3 is 25.0 Å². The van der Waals surface area contributed by atoms with Gasteiger partial charge in [-0.15, -0.1) is 0 Å². The summed E-state index contributed by atoms with van der Waals surface area (Å²) in [5.41, 5.74) is 0.150. The highest BCUT2D eigenvalue weighted by atomic mass is 19.4. The number of hydrogen-bond donors (Lipinski definition) is 2. The largest absolute Gasteiger partial charge is 0.493 e. The molecule has 1 heterocycles. The van der Waals surface area contributed by atoms with Crippen molar-refractivity contribution < 1.29 is 32.4 Å². The van der Waals surface area contributed by atoms with Crippen molar-refractivity contribution in [1.82, 2.24) is 10.2 Å². The van der Waals surface area contributed by atoms with Crippen molar-refractivity contribution in [1.29, 1.82) is 0 Å². The molecular weight excluding hydrogens is 445 g/mol. The summed E-state index contributed by atoms with van der Waals surface area (Å²) in [4.78, 5) is 24.4. The van der Waals surface area contributed by atoms with Crippen LogP contribution in [0.5, 0.6) is 11.5 Å². The summed E-state index contributed by atoms with van der Waals surface area (Å²) in [6.45, 7) is 1.07. The number of urea groups is 1. The standard InChI is InChI=1S/C21H23F3N4O5/c1-32-18-9-13-5-8-27(12-14(13)10-19(18)33-2)20(29)26-7-6-25-16-4-3-15(21(22,23)24)11-17(16)28(30)31/h3-4,9-11,25H,5-8,12H2,1-2H3,(H,26,29). The van der Waals surface area contributed by atoms with Crippen molar-refractivity contribution >= 4 is 17.4 Å². The lowest BCUT2D eigenvalue weighted by molar-refractivity contribution is -0.384. The second kappa shape index (κ2) is 9.84. The first-order chi connectivity index (χ1) is 15.6. The number of alkyl halides is 3. The second-order valence-corrected chi connectivity index (χ2v) is 7.29. The number of nitro benzene ring substituents is 1. The van der Waals surface area contributed by atoms with Gasteiger partial charge in [0.05, 0.1) is 24.7 Å². The third-order valence-electron chi connectivity index (χ3n) is 5.24. The molecule has 0 atom stereocenters. The van der Waals surface area contributed by atoms with Crippen molar-refractivity contribution in [3.63, 3.8) is 0 Å². The van der Waals surface area contributed by atoms with Crippen LogP contribution in [0.2, 0.25) is 0 Å². The van der Waals surface area contributed by atoms with Crippen LogP contribution in [0, 0.1) is 10.1 Å². The Morgan fingerprint density at radius 2 is 1.79 bits per heavy atom. The number of nitro groups is 1. The Morgan fingerprint density at radius 3 is 2.39 bits per heavy atom. The zero-order valence-corrected chi connectivity index (χ0v) is 18.0. The molecule has 0 spiro atoms. The molecule has 2 N–H and O–H groups in total. The van der Waals surface area contributed by atoms with Crippen molar-refractivity contribution in [2.75, 3.05) is 39.2 Å². The van der Waals surface area contributed by atoms with Gasteiger partial charge in [0.15, 0.2) is 11.5 Å². The van der Waals surface area contributed by atoms with E-state index in [0.29, 0.717) is 37.1 Å². The van der Waals surface area contributed by atoms with E-state index < -0.39 is 22.4 Å². The van der Waals surface area contributed by atoms with Crippen LogP contribution in [0.15, 0.2) is 30.3 Å². The fraction of sp³-hybridized carbons (Fsp3) is 0.381. The van der Waals surface area contributed by atoms with Gasteiger partial charge in [0.2, 0.25) is 0 Å². The Labute approximate surface area is 187 Å². The Morgan fingerprint density at radius 1 is 1.12 bits per heavy atom. The van der Waals surface area contributed by atoms with Crippen LogP contribution in [0.3, 0.4) is 0 Å². The van der Waals surface area contributed by atoms with E-state index in [1.807, 2.05) is 12.1 Å². The summed E-state index contributed by atoms with van der Waals surface area (Å²) in [6, 6.07) is 5.66. The highest BCUT2D eigenvalue weighted by molar-refractivity contribution is 5.74. The maximum Gasteiger partial charge on any atom is 0.416 e. The first kappa shape index (κ1) is 24.0. The summed E-state index contributed by atoms with van der Waals surface area (Å²) in [5.74, 6) is 1.19. The average molecular weight is 468 g/mol. The molecule has 0 saturated heterocycles. The Hall–Kier alpha value is -3.70. The molecule has 1 aliphatic rings. The van der Waals surface area contributed by atoms with Crippen LogP contribution in [0.1, 0.15) is 16.7 Å². The molecule has 0 saturated carbocycles. The summed E-state index contributed by atoms with van der Waals surface area (Å²) in [6.07, 6.45) is -4.04. The third-order valence-corrected chi connectivity index (χ3v) is 5.24. The van der Waals surface area contributed by atoms with Crippen molar-refractivity contribution in [2.24, 2.45) is 0 Å². The molecule has 178 valence electrons. The van der Waals surface area contributed by atoms with Crippen molar-refractivity contribution in [2.45, 2.75) is 19.1 Å². The maximum absolute atomic E-state index is 12.8. The average Bonchev–Trinajstić information content (AvgIpc) is 2.79. The number of anilines is 1. The van der Waals surface area contributed by atoms with E-state index in [1.165, 1.54) is 7.11 Å². The van der Waals surface area contributed by atoms with Gasteiger partial charge in [0.1, 0.15) is 5.69 Å². The number of nitrogens with zero attached hydrogens (tertiary/aromatic N) is 2. The summed E-state index contributed by atoms with van der Waals surface area (Å²) < 4.78 is 49.0. The van der Waals surface area contributed by atoms with Gasteiger partial charge in [-0.3, -0.25) is 10.1 Å². The van der Waals surface area contributed by atoms with E-state index in [4.69, 9.17) is 9.47 Å². The van der Waals surface area contributed by atoms with Crippen LogP contribution in [-0.2, 0) is 19.1 Å². The molecule has 0 unspecified atom stereocenters. The minimum Gasteiger partial charge on any atom is -0.493 e. The number of amides is 2. The molecular formula is C21H23F3N4O5. The summed E-state index contributed by atoms with van der Waals surface area (Å²) in [5, 5.41) is 16.5. The van der Waals surface area contributed by atoms with Gasteiger partial charge in [0.25, 0.3) is 5.69 Å². The molecule has 2 amide bonds. The van der Waals surface area contributed by atoms with E-state index in [9.17, 15) is 28.1 Å². The number of methoxy groups -OCH3 is 2. The molecule has 2 aromatic carbocycles. The normalized spacial score (nSPS) is 13.2. The Kier molecular flexibility index (Phi) is 7.14. The molecule has 0 aromatic heterocycles. The van der Waals surface area contributed by atoms with Gasteiger partial charge in [-0.05, 0) is 41.8 Å². The van der Waals surface area contributed by atoms with Crippen LogP contribution in [0.25, 0.3) is 0 Å². The maximum atomic E-state index is 12.8. The zero-order chi connectivity index (χ0) is 24.2. The van der Waals surface area contributed by atoms with Crippen LogP contribution in [-0.4, -0.2) is 49.7 Å². The molecule has 12 heteroatoms. The highest BCUT2D eigenvalue weighted by Crippen LogP contribution is 2.35. The minimum atomic E-state index is -4.68. The number of carbonyl (C=O) groups excluding carboxylic acids is 1. The number of nitrogens with one attached hydrogen (secondary N) is 2. The molecule has 1 aliphatic heterocycles. The van der Waals surface area contributed by atoms with E-state index in [2.05, 4.69) is 10.6 Å². The fourth-order valence-electron chi connectivity index (χ4n) is 3.54. The molecule has 3 rings (SSSR count). The number of rotatable bonds is 7. The van der Waals surface area contributed by atoms with E-state index >= 15 is 0 Å². The third kappa shape index (κ3) is 5.57. The first-order valence-electron chi connectivity index (χ1n) is 10.00. The number of fused-ring (bicyclic) bond motifs is 1. The summed E-state index contributed by atoms with van der Waals surface area (Å²) >= 11 is 0. The Balaban J connectivity index is 1.56. The van der Waals surface area contributed by atoms with E-state index in [-0.39, 0.29) is 24.8 Å². The van der Waals surface area contributed by atoms with Gasteiger partial charge in [-0.25, -0.2) is 4.79 Å². The SMILES string of the molecule is COc1cc2c(cc1OC)CN(C(=O)NCCNc1ccc(C(F)(F)F)cc1[N+](=O)[O-])CC2. The predicted octanol–water partition coefficient (Wildman–Crippen LogP) is 3.81. The van der Waals surface area contributed by atoms with Crippen LogP contribution < -0.4 is 20.1 Å². The number of hydrogen-bond acceptors (Lipinski definition) is 6. The lowest BCUT2D eigenvalue weighted by Crippen LogP contribution is -2.44. The molecule has 0 radical (unpaired) electrons. The van der Waals surface area contributed by atoms with Gasteiger partial charge in [-0.1, -0.05) is 0 Å². The van der Waals surface area contributed by atoms with Crippen molar-refractivity contribution in [3.8, 4) is 11.5 Å². The second-order valence-electron chi connectivity index (χ2n) is 7.29. The smallest absolute Gasteiger partial charge is 0.416 e. The lowest BCUT2D eigenvalue weighted by Gasteiger charge is -2.29. The fourth-order valence-corrected chi connectivity index (χ4v) is 3.54. The number of benzene rings is 2. The monoisotopic (exact) mass is 468 g/mol. The predicted molar refractivity (Wildman–Crippen MR) is 114 cm³/mol. The highest BCUT2D eigenvalue weighted by Gasteiger charge is 2.33.